The maximum atomic E-state index is 12.1. The lowest BCUT2D eigenvalue weighted by atomic mass is 10.5. The lowest BCUT2D eigenvalue weighted by molar-refractivity contribution is -0.147. The Bertz CT molecular complexity index is 318. The minimum atomic E-state index is -4.62. The first-order chi connectivity index (χ1) is 5.91. The van der Waals surface area contributed by atoms with Crippen LogP contribution in [0, 0.1) is 0 Å². The number of hydrogen-bond donors (Lipinski definition) is 1. The summed E-state index contributed by atoms with van der Waals surface area (Å²) >= 11 is 0. The topological polar surface area (TPSA) is 73.8 Å². The summed E-state index contributed by atoms with van der Waals surface area (Å²) in [7, 11) is 0. The highest BCUT2D eigenvalue weighted by molar-refractivity contribution is 5.73. The molecule has 0 aliphatic rings. The fourth-order valence-corrected chi connectivity index (χ4v) is 0.758. The molecule has 72 valence electrons. The number of nitrogens with two attached hydrogens (primary N) is 1. The maximum Gasteiger partial charge on any atom is 0.451 e. The Morgan fingerprint density at radius 1 is 1.62 bits per heavy atom. The van der Waals surface area contributed by atoms with E-state index < -0.39 is 24.5 Å². The van der Waals surface area contributed by atoms with Crippen molar-refractivity contribution < 1.29 is 18.0 Å². The van der Waals surface area contributed by atoms with Crippen LogP contribution in [0.4, 0.5) is 13.2 Å². The summed E-state index contributed by atoms with van der Waals surface area (Å²) in [6.07, 6.45) is -3.82. The highest BCUT2D eigenvalue weighted by Gasteiger charge is 2.37. The molecule has 0 saturated heterocycles. The zero-order chi connectivity index (χ0) is 10.1. The van der Waals surface area contributed by atoms with E-state index in [0.717, 1.165) is 6.33 Å². The average molecular weight is 194 g/mol. The zero-order valence-electron chi connectivity index (χ0n) is 6.25. The van der Waals surface area contributed by atoms with E-state index in [1.165, 1.54) is 0 Å². The number of aromatic nitrogens is 3. The van der Waals surface area contributed by atoms with E-state index in [0.29, 0.717) is 4.57 Å². The van der Waals surface area contributed by atoms with Gasteiger partial charge in [0.2, 0.25) is 11.7 Å². The minimum absolute atomic E-state index is 0.544. The van der Waals surface area contributed by atoms with Gasteiger partial charge in [-0.25, -0.2) is 0 Å². The van der Waals surface area contributed by atoms with E-state index in [1.54, 1.807) is 0 Å². The molecule has 0 aliphatic carbocycles. The van der Waals surface area contributed by atoms with E-state index in [4.69, 9.17) is 5.73 Å². The van der Waals surface area contributed by atoms with Crippen LogP contribution in [0.25, 0.3) is 0 Å². The van der Waals surface area contributed by atoms with Gasteiger partial charge in [0.15, 0.2) is 0 Å². The molecular formula is C5H5F3N4O. The summed E-state index contributed by atoms with van der Waals surface area (Å²) in [5, 5.41) is 5.85. The smallest absolute Gasteiger partial charge is 0.368 e. The third-order valence-corrected chi connectivity index (χ3v) is 1.20. The van der Waals surface area contributed by atoms with Crippen molar-refractivity contribution in [2.75, 3.05) is 0 Å². The summed E-state index contributed by atoms with van der Waals surface area (Å²) in [6, 6.07) is 0. The van der Waals surface area contributed by atoms with Gasteiger partial charge in [0.05, 0.1) is 0 Å². The van der Waals surface area contributed by atoms with Gasteiger partial charge >= 0.3 is 6.18 Å². The van der Waals surface area contributed by atoms with Gasteiger partial charge in [-0.2, -0.15) is 13.2 Å². The lowest BCUT2D eigenvalue weighted by Gasteiger charge is -2.06. The molecule has 13 heavy (non-hydrogen) atoms. The quantitative estimate of drug-likeness (QED) is 0.707. The first-order valence-electron chi connectivity index (χ1n) is 3.14. The first-order valence-corrected chi connectivity index (χ1v) is 3.14. The molecule has 0 radical (unpaired) electrons. The van der Waals surface area contributed by atoms with Crippen LogP contribution >= 0.6 is 0 Å². The third-order valence-electron chi connectivity index (χ3n) is 1.20. The largest absolute Gasteiger partial charge is 0.451 e. The number of carbonyl (C=O) groups excluding carboxylic acids is 1. The number of primary amides is 1. The Morgan fingerprint density at radius 2 is 2.23 bits per heavy atom. The molecule has 1 aromatic heterocycles. The number of nitrogens with zero attached hydrogens (tertiary/aromatic N) is 3. The Labute approximate surface area is 70.4 Å². The van der Waals surface area contributed by atoms with Crippen molar-refractivity contribution >= 4 is 5.91 Å². The van der Waals surface area contributed by atoms with E-state index in [-0.39, 0.29) is 0 Å². The van der Waals surface area contributed by atoms with Crippen molar-refractivity contribution in [3.05, 3.63) is 12.2 Å². The summed E-state index contributed by atoms with van der Waals surface area (Å²) in [5.41, 5.74) is 4.71. The molecule has 1 amide bonds. The fourth-order valence-electron chi connectivity index (χ4n) is 0.758. The van der Waals surface area contributed by atoms with Crippen molar-refractivity contribution in [2.24, 2.45) is 5.73 Å². The van der Waals surface area contributed by atoms with Gasteiger partial charge < -0.3 is 10.3 Å². The predicted octanol–water partition coefficient (Wildman–Crippen LogP) is -0.218. The average Bonchev–Trinajstić information content (AvgIpc) is 2.31. The van der Waals surface area contributed by atoms with Crippen LogP contribution in [0.3, 0.4) is 0 Å². The standard InChI is InChI=1S/C5H5F3N4O/c6-5(7,8)4-11-10-2-12(4)1-3(9)13/h2H,1H2,(H2,9,13). The van der Waals surface area contributed by atoms with Crippen LogP contribution in [-0.4, -0.2) is 20.7 Å². The molecule has 1 rings (SSSR count). The Hall–Kier alpha value is -1.60. The number of halogens is 3. The molecule has 0 saturated carbocycles. The second kappa shape index (κ2) is 3.04. The van der Waals surface area contributed by atoms with Gasteiger partial charge in [-0.1, -0.05) is 0 Å². The van der Waals surface area contributed by atoms with Crippen LogP contribution in [-0.2, 0) is 17.5 Å². The number of hydrogen-bond acceptors (Lipinski definition) is 3. The summed E-state index contributed by atoms with van der Waals surface area (Å²) in [4.78, 5) is 10.3. The molecule has 0 unspecified atom stereocenters. The van der Waals surface area contributed by atoms with E-state index in [1.807, 2.05) is 0 Å². The highest BCUT2D eigenvalue weighted by Crippen LogP contribution is 2.26. The predicted molar refractivity (Wildman–Crippen MR) is 34.2 cm³/mol. The van der Waals surface area contributed by atoms with Crippen LogP contribution in [0.15, 0.2) is 6.33 Å². The van der Waals surface area contributed by atoms with Crippen molar-refractivity contribution in [2.45, 2.75) is 12.7 Å². The Kier molecular flexibility index (Phi) is 2.22. The van der Waals surface area contributed by atoms with Crippen LogP contribution in [0.1, 0.15) is 5.82 Å². The molecule has 0 atom stereocenters. The third kappa shape index (κ3) is 2.17. The van der Waals surface area contributed by atoms with Crippen LogP contribution in [0.5, 0.6) is 0 Å². The number of rotatable bonds is 2. The molecule has 1 heterocycles. The van der Waals surface area contributed by atoms with Crippen LogP contribution < -0.4 is 5.73 Å². The molecule has 0 aliphatic heterocycles. The fraction of sp³-hybridized carbons (Fsp3) is 0.400. The highest BCUT2D eigenvalue weighted by atomic mass is 19.4. The second-order valence-electron chi connectivity index (χ2n) is 2.25. The van der Waals surface area contributed by atoms with Gasteiger partial charge in [0.25, 0.3) is 0 Å². The molecular weight excluding hydrogens is 189 g/mol. The molecule has 5 nitrogen and oxygen atoms in total. The van der Waals surface area contributed by atoms with E-state index in [2.05, 4.69) is 10.2 Å². The zero-order valence-corrected chi connectivity index (χ0v) is 6.25. The van der Waals surface area contributed by atoms with Crippen molar-refractivity contribution in [1.82, 2.24) is 14.8 Å². The Balaban J connectivity index is 2.96. The van der Waals surface area contributed by atoms with Gasteiger partial charge in [0, 0.05) is 0 Å². The second-order valence-corrected chi connectivity index (χ2v) is 2.25. The molecule has 0 fully saturated rings. The van der Waals surface area contributed by atoms with Crippen molar-refractivity contribution in [3.8, 4) is 0 Å². The molecule has 0 spiro atoms. The lowest BCUT2D eigenvalue weighted by Crippen LogP contribution is -2.23. The molecule has 1 aromatic rings. The van der Waals surface area contributed by atoms with Gasteiger partial charge in [-0.3, -0.25) is 4.79 Å². The summed E-state index contributed by atoms with van der Waals surface area (Å²) in [6.45, 7) is -0.582. The van der Waals surface area contributed by atoms with Crippen molar-refractivity contribution in [1.29, 1.82) is 0 Å². The normalized spacial score (nSPS) is 11.6. The summed E-state index contributed by atoms with van der Waals surface area (Å²) < 4.78 is 36.7. The minimum Gasteiger partial charge on any atom is -0.368 e. The van der Waals surface area contributed by atoms with Gasteiger partial charge in [-0.15, -0.1) is 10.2 Å². The van der Waals surface area contributed by atoms with Crippen LogP contribution in [0.2, 0.25) is 0 Å². The molecule has 2 N–H and O–H groups in total. The number of carbonyl (C=O) groups is 1. The number of amides is 1. The first kappa shape index (κ1) is 9.49. The summed E-state index contributed by atoms with van der Waals surface area (Å²) in [5.74, 6) is -2.11. The monoisotopic (exact) mass is 194 g/mol. The number of alkyl halides is 3. The van der Waals surface area contributed by atoms with E-state index >= 15 is 0 Å². The SMILES string of the molecule is NC(=O)Cn1cnnc1C(F)(F)F. The van der Waals surface area contributed by atoms with Gasteiger partial charge in [0.1, 0.15) is 12.9 Å². The van der Waals surface area contributed by atoms with E-state index in [9.17, 15) is 18.0 Å². The van der Waals surface area contributed by atoms with Crippen molar-refractivity contribution in [3.63, 3.8) is 0 Å². The Morgan fingerprint density at radius 3 is 2.69 bits per heavy atom. The van der Waals surface area contributed by atoms with Gasteiger partial charge in [-0.05, 0) is 0 Å². The molecule has 0 bridgehead atoms. The molecule has 0 aromatic carbocycles. The maximum absolute atomic E-state index is 12.1. The molecule has 8 heteroatoms.